The third-order valence-electron chi connectivity index (χ3n) is 8.23. The highest BCUT2D eigenvalue weighted by molar-refractivity contribution is 7.15. The third-order valence-corrected chi connectivity index (χ3v) is 9.23. The van der Waals surface area contributed by atoms with Gasteiger partial charge in [0.1, 0.15) is 11.9 Å². The molecule has 7 aromatic rings. The molecule has 184 valence electrons. The van der Waals surface area contributed by atoms with Gasteiger partial charge in [0, 0.05) is 21.9 Å². The van der Waals surface area contributed by atoms with Crippen molar-refractivity contribution in [3.05, 3.63) is 137 Å². The van der Waals surface area contributed by atoms with Crippen LogP contribution in [0.15, 0.2) is 115 Å². The number of thiazole rings is 1. The van der Waals surface area contributed by atoms with Crippen LogP contribution in [-0.4, -0.2) is 15.7 Å². The predicted octanol–water partition coefficient (Wildman–Crippen LogP) is 8.84. The normalized spacial score (nSPS) is 17.6. The van der Waals surface area contributed by atoms with E-state index in [1.165, 1.54) is 54.2 Å². The third kappa shape index (κ3) is 2.95. The van der Waals surface area contributed by atoms with Crippen LogP contribution in [0.25, 0.3) is 49.4 Å². The second-order valence-corrected chi connectivity index (χ2v) is 11.3. The van der Waals surface area contributed by atoms with Crippen molar-refractivity contribution in [1.82, 2.24) is 9.55 Å². The van der Waals surface area contributed by atoms with Crippen molar-refractivity contribution in [2.24, 2.45) is 0 Å². The summed E-state index contributed by atoms with van der Waals surface area (Å²) in [6, 6.07) is 40.9. The fourth-order valence-corrected chi connectivity index (χ4v) is 7.64. The molecule has 1 aliphatic carbocycles. The largest absolute Gasteiger partial charge is 0.484 e. The van der Waals surface area contributed by atoms with Crippen LogP contribution >= 0.6 is 11.3 Å². The molecular weight excluding hydrogens is 496 g/mol. The highest BCUT2D eigenvalue weighted by atomic mass is 32.1. The molecule has 0 saturated carbocycles. The van der Waals surface area contributed by atoms with E-state index in [9.17, 15) is 0 Å². The van der Waals surface area contributed by atoms with Crippen molar-refractivity contribution in [1.29, 1.82) is 0 Å². The van der Waals surface area contributed by atoms with Crippen molar-refractivity contribution < 1.29 is 4.74 Å². The fourth-order valence-electron chi connectivity index (χ4n) is 6.55. The topological polar surface area (TPSA) is 27.1 Å². The summed E-state index contributed by atoms with van der Waals surface area (Å²) in [4.78, 5) is 6.61. The lowest BCUT2D eigenvalue weighted by Gasteiger charge is -2.25. The Morgan fingerprint density at radius 2 is 1.46 bits per heavy atom. The van der Waals surface area contributed by atoms with E-state index in [4.69, 9.17) is 9.72 Å². The molecule has 0 saturated heterocycles. The molecule has 0 N–H and O–H groups in total. The maximum absolute atomic E-state index is 6.61. The molecule has 2 unspecified atom stereocenters. The Balaban J connectivity index is 1.33. The van der Waals surface area contributed by atoms with Crippen LogP contribution < -0.4 is 4.74 Å². The number of aromatic nitrogens is 2. The molecule has 0 bridgehead atoms. The van der Waals surface area contributed by atoms with Crippen LogP contribution in [0.4, 0.5) is 0 Å². The summed E-state index contributed by atoms with van der Waals surface area (Å²) in [5.41, 5.74) is 7.11. The molecule has 0 amide bonds. The second-order valence-electron chi connectivity index (χ2n) is 10.3. The van der Waals surface area contributed by atoms with Gasteiger partial charge in [0.05, 0.1) is 27.5 Å². The molecule has 0 fully saturated rings. The SMILES string of the molecule is C1=C(c2ccccc2)C2Oc3ccccc3C2c2nc(-n3c4ccccc4c4c5ccccc5ccc43)sc21. The van der Waals surface area contributed by atoms with Crippen molar-refractivity contribution in [2.45, 2.75) is 12.0 Å². The highest BCUT2D eigenvalue weighted by Gasteiger charge is 2.43. The van der Waals surface area contributed by atoms with Gasteiger partial charge in [-0.1, -0.05) is 108 Å². The lowest BCUT2D eigenvalue weighted by molar-refractivity contribution is 0.275. The lowest BCUT2D eigenvalue weighted by Crippen LogP contribution is -2.25. The van der Waals surface area contributed by atoms with E-state index in [2.05, 4.69) is 126 Å². The molecule has 9 rings (SSSR count). The van der Waals surface area contributed by atoms with Gasteiger partial charge in [0.15, 0.2) is 5.13 Å². The van der Waals surface area contributed by atoms with E-state index in [1.54, 1.807) is 11.3 Å². The predicted molar refractivity (Wildman–Crippen MR) is 161 cm³/mol. The van der Waals surface area contributed by atoms with E-state index in [0.29, 0.717) is 0 Å². The molecule has 2 aliphatic rings. The van der Waals surface area contributed by atoms with Gasteiger partial charge in [-0.05, 0) is 40.6 Å². The maximum atomic E-state index is 6.61. The van der Waals surface area contributed by atoms with Gasteiger partial charge in [-0.2, -0.15) is 0 Å². The Morgan fingerprint density at radius 3 is 2.38 bits per heavy atom. The zero-order valence-corrected chi connectivity index (χ0v) is 21.7. The molecule has 2 atom stereocenters. The van der Waals surface area contributed by atoms with Crippen LogP contribution in [0.3, 0.4) is 0 Å². The number of nitrogens with zero attached hydrogens (tertiary/aromatic N) is 2. The molecule has 1 aliphatic heterocycles. The van der Waals surface area contributed by atoms with Gasteiger partial charge in [-0.15, -0.1) is 0 Å². The minimum atomic E-state index is -0.0886. The first-order valence-electron chi connectivity index (χ1n) is 13.3. The second kappa shape index (κ2) is 7.92. The Morgan fingerprint density at radius 1 is 0.692 bits per heavy atom. The summed E-state index contributed by atoms with van der Waals surface area (Å²) in [5, 5.41) is 6.06. The van der Waals surface area contributed by atoms with Gasteiger partial charge in [0.25, 0.3) is 0 Å². The van der Waals surface area contributed by atoms with E-state index in [-0.39, 0.29) is 12.0 Å². The number of hydrogen-bond donors (Lipinski definition) is 0. The van der Waals surface area contributed by atoms with E-state index < -0.39 is 0 Å². The fraction of sp³-hybridized carbons (Fsp3) is 0.0571. The van der Waals surface area contributed by atoms with Crippen LogP contribution in [0.5, 0.6) is 5.75 Å². The molecule has 3 nitrogen and oxygen atoms in total. The van der Waals surface area contributed by atoms with Gasteiger partial charge < -0.3 is 4.74 Å². The van der Waals surface area contributed by atoms with Crippen LogP contribution in [0, 0.1) is 0 Å². The summed E-state index contributed by atoms with van der Waals surface area (Å²) in [6.07, 6.45) is 2.22. The van der Waals surface area contributed by atoms with Gasteiger partial charge in [0.2, 0.25) is 0 Å². The Bertz CT molecular complexity index is 2120. The van der Waals surface area contributed by atoms with Gasteiger partial charge in [-0.25, -0.2) is 4.98 Å². The Labute approximate surface area is 229 Å². The number of para-hydroxylation sites is 2. The number of rotatable bonds is 2. The standard InChI is InChI=1S/C35H22N2OS/c1-2-10-21(11-3-1)26-20-30-33(32-25-15-7-9-17-29(25)38-34(26)32)36-35(39-30)37-27-16-8-6-14-24(27)31-23-13-5-4-12-22(23)18-19-28(31)37/h1-20,32,34H. The maximum Gasteiger partial charge on any atom is 0.195 e. The average Bonchev–Trinajstić information content (AvgIpc) is 3.68. The average molecular weight is 519 g/mol. The first kappa shape index (κ1) is 21.3. The van der Waals surface area contributed by atoms with Crippen molar-refractivity contribution in [2.75, 3.05) is 0 Å². The zero-order valence-electron chi connectivity index (χ0n) is 20.9. The number of ether oxygens (including phenoxy) is 1. The van der Waals surface area contributed by atoms with Crippen LogP contribution in [-0.2, 0) is 0 Å². The minimum absolute atomic E-state index is 0.0651. The summed E-state index contributed by atoms with van der Waals surface area (Å²) in [6.45, 7) is 0. The molecule has 3 heterocycles. The van der Waals surface area contributed by atoms with Crippen LogP contribution in [0.2, 0.25) is 0 Å². The van der Waals surface area contributed by atoms with E-state index in [1.807, 2.05) is 0 Å². The molecule has 5 aromatic carbocycles. The Hall–Kier alpha value is -4.67. The quantitative estimate of drug-likeness (QED) is 0.229. The number of benzene rings is 5. The zero-order chi connectivity index (χ0) is 25.5. The van der Waals surface area contributed by atoms with E-state index >= 15 is 0 Å². The summed E-state index contributed by atoms with van der Waals surface area (Å²) < 4.78 is 8.97. The Kier molecular flexibility index (Phi) is 4.32. The summed E-state index contributed by atoms with van der Waals surface area (Å²) >= 11 is 1.77. The van der Waals surface area contributed by atoms with Gasteiger partial charge >= 0.3 is 0 Å². The van der Waals surface area contributed by atoms with Crippen LogP contribution in [0.1, 0.15) is 27.6 Å². The monoisotopic (exact) mass is 518 g/mol. The molecule has 0 spiro atoms. The van der Waals surface area contributed by atoms with Gasteiger partial charge in [-0.3, -0.25) is 4.57 Å². The summed E-state index contributed by atoms with van der Waals surface area (Å²) in [7, 11) is 0. The minimum Gasteiger partial charge on any atom is -0.484 e. The van der Waals surface area contributed by atoms with E-state index in [0.717, 1.165) is 16.6 Å². The van der Waals surface area contributed by atoms with Crippen molar-refractivity contribution >= 4 is 55.6 Å². The highest BCUT2D eigenvalue weighted by Crippen LogP contribution is 2.52. The first-order chi connectivity index (χ1) is 19.3. The smallest absolute Gasteiger partial charge is 0.195 e. The number of fused-ring (bicyclic) bond motifs is 10. The molecule has 4 heteroatoms. The molecule has 39 heavy (non-hydrogen) atoms. The number of hydrogen-bond acceptors (Lipinski definition) is 3. The lowest BCUT2D eigenvalue weighted by atomic mass is 9.81. The van der Waals surface area contributed by atoms with Crippen molar-refractivity contribution in [3.63, 3.8) is 0 Å². The molecule has 0 radical (unpaired) electrons. The molecule has 2 aromatic heterocycles. The molecular formula is C35H22N2OS. The first-order valence-corrected chi connectivity index (χ1v) is 14.1. The summed E-state index contributed by atoms with van der Waals surface area (Å²) in [5.74, 6) is 1.02. The van der Waals surface area contributed by atoms with Crippen molar-refractivity contribution in [3.8, 4) is 10.9 Å².